The monoisotopic (exact) mass is 195 g/mol. The molecule has 0 bridgehead atoms. The van der Waals surface area contributed by atoms with Crippen LogP contribution in [0.2, 0.25) is 0 Å². The van der Waals surface area contributed by atoms with Crippen molar-refractivity contribution in [1.82, 2.24) is 4.98 Å². The molecular formula is C10H17N3O. The van der Waals surface area contributed by atoms with Crippen molar-refractivity contribution in [3.8, 4) is 0 Å². The Balaban J connectivity index is 2.67. The van der Waals surface area contributed by atoms with Gasteiger partial charge in [0.1, 0.15) is 5.82 Å². The quantitative estimate of drug-likeness (QED) is 0.674. The Morgan fingerprint density at radius 2 is 2.36 bits per heavy atom. The topological polar surface area (TPSA) is 71.2 Å². The first-order chi connectivity index (χ1) is 6.63. The van der Waals surface area contributed by atoms with Crippen LogP contribution in [0.4, 0.5) is 11.5 Å². The molecule has 0 aliphatic rings. The molecule has 1 rings (SSSR count). The number of nitrogens with two attached hydrogens (primary N) is 1. The van der Waals surface area contributed by atoms with Gasteiger partial charge < -0.3 is 16.2 Å². The zero-order valence-electron chi connectivity index (χ0n) is 8.62. The van der Waals surface area contributed by atoms with Crippen molar-refractivity contribution in [2.75, 3.05) is 17.7 Å². The first-order valence-corrected chi connectivity index (χ1v) is 4.73. The Kier molecular flexibility index (Phi) is 3.71. The van der Waals surface area contributed by atoms with E-state index in [1.165, 1.54) is 0 Å². The molecule has 0 saturated carbocycles. The van der Waals surface area contributed by atoms with Crippen LogP contribution in [0.15, 0.2) is 12.3 Å². The second kappa shape index (κ2) is 4.81. The molecule has 14 heavy (non-hydrogen) atoms. The Morgan fingerprint density at radius 1 is 1.64 bits per heavy atom. The number of aliphatic hydroxyl groups excluding tert-OH is 1. The number of nitrogens with zero attached hydrogens (tertiary/aromatic N) is 1. The molecule has 4 nitrogen and oxygen atoms in total. The molecule has 0 amide bonds. The van der Waals surface area contributed by atoms with E-state index in [0.29, 0.717) is 17.9 Å². The van der Waals surface area contributed by atoms with Crippen molar-refractivity contribution in [2.45, 2.75) is 26.3 Å². The Morgan fingerprint density at radius 3 is 2.93 bits per heavy atom. The van der Waals surface area contributed by atoms with Crippen LogP contribution in [0.3, 0.4) is 0 Å². The van der Waals surface area contributed by atoms with Crippen molar-refractivity contribution >= 4 is 11.5 Å². The summed E-state index contributed by atoms with van der Waals surface area (Å²) in [6.45, 7) is 4.10. The van der Waals surface area contributed by atoms with E-state index >= 15 is 0 Å². The van der Waals surface area contributed by atoms with Gasteiger partial charge in [-0.05, 0) is 31.9 Å². The van der Waals surface area contributed by atoms with E-state index in [-0.39, 0.29) is 12.6 Å². The minimum atomic E-state index is 0.167. The van der Waals surface area contributed by atoms with Crippen molar-refractivity contribution in [1.29, 1.82) is 0 Å². The van der Waals surface area contributed by atoms with Gasteiger partial charge in [0.15, 0.2) is 0 Å². The maximum atomic E-state index is 8.74. The highest BCUT2D eigenvalue weighted by Crippen LogP contribution is 2.17. The van der Waals surface area contributed by atoms with Crippen molar-refractivity contribution in [3.63, 3.8) is 0 Å². The molecule has 4 heteroatoms. The number of pyridine rings is 1. The molecule has 0 saturated heterocycles. The summed E-state index contributed by atoms with van der Waals surface area (Å²) in [6.07, 6.45) is 2.46. The molecule has 1 aromatic heterocycles. The van der Waals surface area contributed by atoms with Crippen LogP contribution in [0.1, 0.15) is 18.9 Å². The predicted molar refractivity (Wildman–Crippen MR) is 58.2 cm³/mol. The number of anilines is 2. The number of aliphatic hydroxyl groups is 1. The molecule has 0 radical (unpaired) electrons. The number of hydrogen-bond acceptors (Lipinski definition) is 4. The molecule has 1 aromatic rings. The number of nitrogens with one attached hydrogen (secondary N) is 1. The molecule has 1 atom stereocenters. The molecule has 1 unspecified atom stereocenters. The third-order valence-corrected chi connectivity index (χ3v) is 2.00. The number of hydrogen-bond donors (Lipinski definition) is 3. The van der Waals surface area contributed by atoms with Crippen LogP contribution in [0.25, 0.3) is 0 Å². The lowest BCUT2D eigenvalue weighted by molar-refractivity contribution is 0.282. The van der Waals surface area contributed by atoms with Crippen LogP contribution in [-0.2, 0) is 0 Å². The van der Waals surface area contributed by atoms with Crippen molar-refractivity contribution in [2.24, 2.45) is 0 Å². The second-order valence-corrected chi connectivity index (χ2v) is 3.51. The van der Waals surface area contributed by atoms with Gasteiger partial charge in [-0.3, -0.25) is 0 Å². The number of aryl methyl sites for hydroxylation is 1. The van der Waals surface area contributed by atoms with E-state index in [1.807, 2.05) is 19.9 Å². The molecule has 0 spiro atoms. The SMILES string of the molecule is Cc1cnc(NC(C)CCO)c(N)c1. The maximum absolute atomic E-state index is 8.74. The first-order valence-electron chi connectivity index (χ1n) is 4.73. The van der Waals surface area contributed by atoms with Crippen LogP contribution < -0.4 is 11.1 Å². The van der Waals surface area contributed by atoms with E-state index in [9.17, 15) is 0 Å². The fourth-order valence-electron chi connectivity index (χ4n) is 1.21. The predicted octanol–water partition coefficient (Wildman–Crippen LogP) is 1.16. The normalized spacial score (nSPS) is 12.5. The average molecular weight is 195 g/mol. The summed E-state index contributed by atoms with van der Waals surface area (Å²) in [6, 6.07) is 2.05. The molecule has 1 heterocycles. The van der Waals surface area contributed by atoms with E-state index < -0.39 is 0 Å². The van der Waals surface area contributed by atoms with Gasteiger partial charge in [0.05, 0.1) is 5.69 Å². The van der Waals surface area contributed by atoms with Crippen LogP contribution in [0, 0.1) is 6.92 Å². The highest BCUT2D eigenvalue weighted by atomic mass is 16.3. The Hall–Kier alpha value is -1.29. The minimum absolute atomic E-state index is 0.167. The zero-order valence-corrected chi connectivity index (χ0v) is 8.62. The van der Waals surface area contributed by atoms with E-state index in [2.05, 4.69) is 10.3 Å². The summed E-state index contributed by atoms with van der Waals surface area (Å²) < 4.78 is 0. The van der Waals surface area contributed by atoms with Gasteiger partial charge in [-0.25, -0.2) is 4.98 Å². The van der Waals surface area contributed by atoms with Crippen molar-refractivity contribution < 1.29 is 5.11 Å². The third-order valence-electron chi connectivity index (χ3n) is 2.00. The molecule has 0 fully saturated rings. The van der Waals surface area contributed by atoms with Gasteiger partial charge in [-0.15, -0.1) is 0 Å². The molecular weight excluding hydrogens is 178 g/mol. The molecule has 4 N–H and O–H groups in total. The first kappa shape index (κ1) is 10.8. The van der Waals surface area contributed by atoms with E-state index in [0.717, 1.165) is 5.56 Å². The van der Waals surface area contributed by atoms with Crippen LogP contribution in [-0.4, -0.2) is 22.7 Å². The van der Waals surface area contributed by atoms with Gasteiger partial charge >= 0.3 is 0 Å². The summed E-state index contributed by atoms with van der Waals surface area (Å²) in [7, 11) is 0. The van der Waals surface area contributed by atoms with Gasteiger partial charge in [0.2, 0.25) is 0 Å². The van der Waals surface area contributed by atoms with E-state index in [1.54, 1.807) is 6.20 Å². The molecule has 0 aromatic carbocycles. The van der Waals surface area contributed by atoms with E-state index in [4.69, 9.17) is 10.8 Å². The fraction of sp³-hybridized carbons (Fsp3) is 0.500. The largest absolute Gasteiger partial charge is 0.396 e. The highest BCUT2D eigenvalue weighted by molar-refractivity contribution is 5.61. The van der Waals surface area contributed by atoms with Crippen LogP contribution >= 0.6 is 0 Å². The lowest BCUT2D eigenvalue weighted by atomic mass is 10.2. The Bertz CT molecular complexity index is 301. The fourth-order valence-corrected chi connectivity index (χ4v) is 1.21. The van der Waals surface area contributed by atoms with Gasteiger partial charge in [-0.2, -0.15) is 0 Å². The molecule has 0 aliphatic heterocycles. The summed E-state index contributed by atoms with van der Waals surface area (Å²) >= 11 is 0. The summed E-state index contributed by atoms with van der Waals surface area (Å²) in [4.78, 5) is 4.18. The lowest BCUT2D eigenvalue weighted by Gasteiger charge is -2.14. The average Bonchev–Trinajstić information content (AvgIpc) is 2.10. The molecule has 0 aliphatic carbocycles. The number of nitrogen functional groups attached to an aromatic ring is 1. The standard InChI is InChI=1S/C10H17N3O/c1-7-5-9(11)10(12-6-7)13-8(2)3-4-14/h5-6,8,14H,3-4,11H2,1-2H3,(H,12,13). The summed E-state index contributed by atoms with van der Waals surface area (Å²) in [5, 5.41) is 11.9. The zero-order chi connectivity index (χ0) is 10.6. The Labute approximate surface area is 84.2 Å². The summed E-state index contributed by atoms with van der Waals surface area (Å²) in [5.74, 6) is 0.691. The second-order valence-electron chi connectivity index (χ2n) is 3.51. The van der Waals surface area contributed by atoms with Crippen LogP contribution in [0.5, 0.6) is 0 Å². The smallest absolute Gasteiger partial charge is 0.149 e. The van der Waals surface area contributed by atoms with Crippen molar-refractivity contribution in [3.05, 3.63) is 17.8 Å². The molecule has 78 valence electrons. The highest BCUT2D eigenvalue weighted by Gasteiger charge is 2.05. The summed E-state index contributed by atoms with van der Waals surface area (Å²) in [5.41, 5.74) is 7.47. The van der Waals surface area contributed by atoms with Gasteiger partial charge in [0, 0.05) is 18.8 Å². The minimum Gasteiger partial charge on any atom is -0.396 e. The number of aromatic nitrogens is 1. The third kappa shape index (κ3) is 2.88. The number of rotatable bonds is 4. The lowest BCUT2D eigenvalue weighted by Crippen LogP contribution is -2.18. The van der Waals surface area contributed by atoms with Gasteiger partial charge in [-0.1, -0.05) is 0 Å². The van der Waals surface area contributed by atoms with Gasteiger partial charge in [0.25, 0.3) is 0 Å². The maximum Gasteiger partial charge on any atom is 0.149 e.